The fraction of sp³-hybridized carbons (Fsp3) is 0.333. The van der Waals surface area contributed by atoms with Crippen molar-refractivity contribution in [2.24, 2.45) is 10.9 Å². The van der Waals surface area contributed by atoms with E-state index in [9.17, 15) is 4.79 Å². The van der Waals surface area contributed by atoms with Crippen molar-refractivity contribution in [3.8, 4) is 5.69 Å². The van der Waals surface area contributed by atoms with Crippen LogP contribution in [0.1, 0.15) is 17.5 Å². The second-order valence-electron chi connectivity index (χ2n) is 7.96. The molecule has 0 bridgehead atoms. The van der Waals surface area contributed by atoms with Gasteiger partial charge in [-0.15, -0.1) is 0 Å². The number of nitrogens with one attached hydrogen (secondary N) is 2. The van der Waals surface area contributed by atoms with Crippen LogP contribution in [0.3, 0.4) is 0 Å². The molecule has 1 saturated heterocycles. The molecule has 2 N–H and O–H groups in total. The van der Waals surface area contributed by atoms with E-state index in [1.165, 1.54) is 11.9 Å². The Hall–Kier alpha value is -3.68. The molecule has 3 aromatic rings. The summed E-state index contributed by atoms with van der Waals surface area (Å²) < 4.78 is 1.73. The van der Waals surface area contributed by atoms with Crippen LogP contribution in [0.2, 0.25) is 0 Å². The quantitative estimate of drug-likeness (QED) is 0.421. The molecule has 1 aromatic heterocycles. The predicted molar refractivity (Wildman–Crippen MR) is 124 cm³/mol. The van der Waals surface area contributed by atoms with Crippen molar-refractivity contribution in [2.45, 2.75) is 19.4 Å². The van der Waals surface area contributed by atoms with Crippen molar-refractivity contribution in [3.63, 3.8) is 0 Å². The summed E-state index contributed by atoms with van der Waals surface area (Å²) in [5.74, 6) is 1.27. The number of carbonyl (C=O) groups excluding carboxylic acids is 1. The van der Waals surface area contributed by atoms with E-state index in [0.29, 0.717) is 18.9 Å². The molecule has 1 aliphatic rings. The van der Waals surface area contributed by atoms with Gasteiger partial charge < -0.3 is 15.5 Å². The molecule has 1 fully saturated rings. The number of benzene rings is 2. The Kier molecular flexibility index (Phi) is 7.12. The summed E-state index contributed by atoms with van der Waals surface area (Å²) >= 11 is 0. The third kappa shape index (κ3) is 5.72. The van der Waals surface area contributed by atoms with Gasteiger partial charge in [-0.05, 0) is 29.7 Å². The molecule has 4 rings (SSSR count). The maximum atomic E-state index is 12.4. The summed E-state index contributed by atoms with van der Waals surface area (Å²) in [6.07, 6.45) is 4.68. The summed E-state index contributed by atoms with van der Waals surface area (Å²) in [5, 5.41) is 10.8. The average molecular weight is 432 g/mol. The van der Waals surface area contributed by atoms with Crippen LogP contribution in [-0.2, 0) is 17.8 Å². The number of aromatic nitrogens is 3. The third-order valence-electron chi connectivity index (χ3n) is 5.67. The van der Waals surface area contributed by atoms with E-state index in [2.05, 4.69) is 50.0 Å². The van der Waals surface area contributed by atoms with Gasteiger partial charge in [0.05, 0.1) is 5.69 Å². The number of nitrogens with zero attached hydrogens (tertiary/aromatic N) is 5. The smallest absolute Gasteiger partial charge is 0.223 e. The number of hydrogen-bond donors (Lipinski definition) is 2. The molecule has 8 nitrogen and oxygen atoms in total. The van der Waals surface area contributed by atoms with Crippen molar-refractivity contribution < 1.29 is 4.79 Å². The molecule has 1 amide bonds. The van der Waals surface area contributed by atoms with Gasteiger partial charge in [0.25, 0.3) is 0 Å². The van der Waals surface area contributed by atoms with Gasteiger partial charge in [0.1, 0.15) is 12.7 Å². The Balaban J connectivity index is 1.20. The zero-order valence-corrected chi connectivity index (χ0v) is 18.3. The Morgan fingerprint density at radius 3 is 2.62 bits per heavy atom. The minimum absolute atomic E-state index is 0.239. The van der Waals surface area contributed by atoms with Crippen LogP contribution in [0, 0.1) is 5.92 Å². The molecule has 1 atom stereocenters. The van der Waals surface area contributed by atoms with E-state index in [1.54, 1.807) is 18.1 Å². The number of rotatable bonds is 8. The first-order valence-electron chi connectivity index (χ1n) is 10.9. The normalized spacial score (nSPS) is 16.4. The summed E-state index contributed by atoms with van der Waals surface area (Å²) in [4.78, 5) is 22.6. The lowest BCUT2D eigenvalue weighted by Gasteiger charge is -2.18. The van der Waals surface area contributed by atoms with E-state index in [4.69, 9.17) is 0 Å². The van der Waals surface area contributed by atoms with Crippen LogP contribution >= 0.6 is 0 Å². The number of carbonyl (C=O) groups is 1. The Bertz CT molecular complexity index is 1020. The molecule has 0 spiro atoms. The van der Waals surface area contributed by atoms with Gasteiger partial charge in [-0.3, -0.25) is 9.79 Å². The SMILES string of the molecule is CN=C(NCc1ccc(-n2cncn2)cc1)NCC1CC(=O)N(CCc2ccccc2)C1. The molecule has 32 heavy (non-hydrogen) atoms. The number of amides is 1. The second kappa shape index (κ2) is 10.6. The lowest BCUT2D eigenvalue weighted by molar-refractivity contribution is -0.127. The molecule has 0 saturated carbocycles. The monoisotopic (exact) mass is 431 g/mol. The Morgan fingerprint density at radius 2 is 1.91 bits per heavy atom. The van der Waals surface area contributed by atoms with E-state index in [0.717, 1.165) is 43.3 Å². The van der Waals surface area contributed by atoms with Gasteiger partial charge in [0.15, 0.2) is 5.96 Å². The first kappa shape index (κ1) is 21.5. The molecule has 1 aliphatic heterocycles. The van der Waals surface area contributed by atoms with Crippen LogP contribution in [0.15, 0.2) is 72.2 Å². The fourth-order valence-electron chi connectivity index (χ4n) is 3.87. The molecular formula is C24H29N7O. The number of aliphatic imine (C=N–C) groups is 1. The first-order chi connectivity index (χ1) is 15.7. The zero-order valence-electron chi connectivity index (χ0n) is 18.3. The lowest BCUT2D eigenvalue weighted by Crippen LogP contribution is -2.40. The highest BCUT2D eigenvalue weighted by molar-refractivity contribution is 5.80. The van der Waals surface area contributed by atoms with Crippen molar-refractivity contribution in [1.82, 2.24) is 30.3 Å². The average Bonchev–Trinajstić information content (AvgIpc) is 3.49. The maximum Gasteiger partial charge on any atom is 0.223 e. The topological polar surface area (TPSA) is 87.4 Å². The van der Waals surface area contributed by atoms with E-state index < -0.39 is 0 Å². The van der Waals surface area contributed by atoms with Gasteiger partial charge >= 0.3 is 0 Å². The van der Waals surface area contributed by atoms with Crippen molar-refractivity contribution in [2.75, 3.05) is 26.7 Å². The molecular weight excluding hydrogens is 402 g/mol. The second-order valence-corrected chi connectivity index (χ2v) is 7.96. The van der Waals surface area contributed by atoms with Crippen LogP contribution in [-0.4, -0.2) is 58.2 Å². The molecule has 166 valence electrons. The van der Waals surface area contributed by atoms with Gasteiger partial charge in [-0.2, -0.15) is 5.10 Å². The summed E-state index contributed by atoms with van der Waals surface area (Å²) in [7, 11) is 1.76. The van der Waals surface area contributed by atoms with E-state index in [1.807, 2.05) is 35.2 Å². The van der Waals surface area contributed by atoms with Crippen LogP contribution in [0.25, 0.3) is 5.69 Å². The molecule has 1 unspecified atom stereocenters. The largest absolute Gasteiger partial charge is 0.356 e. The van der Waals surface area contributed by atoms with Crippen molar-refractivity contribution in [3.05, 3.63) is 78.4 Å². The fourth-order valence-corrected chi connectivity index (χ4v) is 3.87. The summed E-state index contributed by atoms with van der Waals surface area (Å²) in [6.45, 7) is 2.94. The van der Waals surface area contributed by atoms with Gasteiger partial charge in [-0.25, -0.2) is 9.67 Å². The molecule has 2 aromatic carbocycles. The first-order valence-corrected chi connectivity index (χ1v) is 10.9. The highest BCUT2D eigenvalue weighted by atomic mass is 16.2. The van der Waals surface area contributed by atoms with Crippen LogP contribution in [0.4, 0.5) is 0 Å². The highest BCUT2D eigenvalue weighted by Gasteiger charge is 2.29. The van der Waals surface area contributed by atoms with Crippen molar-refractivity contribution in [1.29, 1.82) is 0 Å². The number of hydrogen-bond acceptors (Lipinski definition) is 4. The highest BCUT2D eigenvalue weighted by Crippen LogP contribution is 2.17. The number of guanidine groups is 1. The number of likely N-dealkylation sites (tertiary alicyclic amines) is 1. The summed E-state index contributed by atoms with van der Waals surface area (Å²) in [5.41, 5.74) is 3.37. The summed E-state index contributed by atoms with van der Waals surface area (Å²) in [6, 6.07) is 18.4. The van der Waals surface area contributed by atoms with Gasteiger partial charge in [0, 0.05) is 45.6 Å². The Labute approximate surface area is 188 Å². The van der Waals surface area contributed by atoms with Crippen LogP contribution in [0.5, 0.6) is 0 Å². The molecule has 8 heteroatoms. The van der Waals surface area contributed by atoms with Gasteiger partial charge in [-0.1, -0.05) is 42.5 Å². The third-order valence-corrected chi connectivity index (χ3v) is 5.67. The van der Waals surface area contributed by atoms with E-state index in [-0.39, 0.29) is 5.91 Å². The molecule has 0 radical (unpaired) electrons. The lowest BCUT2D eigenvalue weighted by atomic mass is 10.1. The standard InChI is InChI=1S/C24H29N7O/c1-25-24(27-14-20-7-9-22(10-8-20)31-18-26-17-29-31)28-15-21-13-23(32)30(16-21)12-11-19-5-3-2-4-6-19/h2-10,17-18,21H,11-16H2,1H3,(H2,25,27,28). The van der Waals surface area contributed by atoms with Gasteiger partial charge in [0.2, 0.25) is 5.91 Å². The van der Waals surface area contributed by atoms with Crippen LogP contribution < -0.4 is 10.6 Å². The Morgan fingerprint density at radius 1 is 1.09 bits per heavy atom. The zero-order chi connectivity index (χ0) is 22.2. The minimum Gasteiger partial charge on any atom is -0.356 e. The molecule has 0 aliphatic carbocycles. The maximum absolute atomic E-state index is 12.4. The molecule has 2 heterocycles. The minimum atomic E-state index is 0.239. The predicted octanol–water partition coefficient (Wildman–Crippen LogP) is 2.02. The van der Waals surface area contributed by atoms with Crippen molar-refractivity contribution >= 4 is 11.9 Å². The van der Waals surface area contributed by atoms with E-state index >= 15 is 0 Å².